The predicted molar refractivity (Wildman–Crippen MR) is 68.1 cm³/mol. The molecular weight excluding hydrogens is 232 g/mol. The van der Waals surface area contributed by atoms with Crippen LogP contribution in [0.15, 0.2) is 24.3 Å². The molecule has 0 spiro atoms. The molecule has 18 heavy (non-hydrogen) atoms. The van der Waals surface area contributed by atoms with Gasteiger partial charge in [0.2, 0.25) is 0 Å². The summed E-state index contributed by atoms with van der Waals surface area (Å²) in [5, 5.41) is 5.30. The van der Waals surface area contributed by atoms with Crippen molar-refractivity contribution in [2.45, 2.75) is 19.9 Å². The Morgan fingerprint density at radius 1 is 1.28 bits per heavy atom. The van der Waals surface area contributed by atoms with Crippen molar-refractivity contribution in [3.8, 4) is 0 Å². The number of aryl methyl sites for hydroxylation is 1. The van der Waals surface area contributed by atoms with E-state index in [0.717, 1.165) is 11.1 Å². The largest absolute Gasteiger partial charge is 0.469 e. The summed E-state index contributed by atoms with van der Waals surface area (Å²) in [4.78, 5) is 22.2. The molecule has 0 fully saturated rings. The molecule has 0 bridgehead atoms. The molecule has 0 aliphatic carbocycles. The minimum atomic E-state index is -0.339. The van der Waals surface area contributed by atoms with Gasteiger partial charge in [-0.25, -0.2) is 4.79 Å². The molecular formula is C13H18N2O3. The summed E-state index contributed by atoms with van der Waals surface area (Å²) in [7, 11) is 1.32. The normalized spacial score (nSPS) is 9.67. The van der Waals surface area contributed by atoms with Crippen LogP contribution in [0, 0.1) is 6.92 Å². The maximum atomic E-state index is 11.4. The van der Waals surface area contributed by atoms with Gasteiger partial charge in [-0.15, -0.1) is 0 Å². The van der Waals surface area contributed by atoms with Crippen molar-refractivity contribution in [1.82, 2.24) is 10.6 Å². The summed E-state index contributed by atoms with van der Waals surface area (Å²) in [6.45, 7) is 2.73. The van der Waals surface area contributed by atoms with E-state index in [2.05, 4.69) is 15.4 Å². The van der Waals surface area contributed by atoms with Crippen molar-refractivity contribution in [2.75, 3.05) is 13.7 Å². The van der Waals surface area contributed by atoms with E-state index in [9.17, 15) is 9.59 Å². The first-order valence-corrected chi connectivity index (χ1v) is 5.76. The second kappa shape index (κ2) is 7.32. The number of nitrogens with one attached hydrogen (secondary N) is 2. The SMILES string of the molecule is COC(=O)CCNC(=O)NCc1cccc(C)c1. The molecule has 2 amide bonds. The lowest BCUT2D eigenvalue weighted by molar-refractivity contribution is -0.140. The highest BCUT2D eigenvalue weighted by Gasteiger charge is 2.03. The number of methoxy groups -OCH3 is 1. The van der Waals surface area contributed by atoms with Crippen LogP contribution in [0.1, 0.15) is 17.5 Å². The number of ether oxygens (including phenoxy) is 1. The van der Waals surface area contributed by atoms with Gasteiger partial charge in [-0.1, -0.05) is 29.8 Å². The van der Waals surface area contributed by atoms with Crippen LogP contribution in [0.25, 0.3) is 0 Å². The summed E-state index contributed by atoms with van der Waals surface area (Å²) in [6.07, 6.45) is 0.175. The molecule has 5 heteroatoms. The second-order valence-electron chi connectivity index (χ2n) is 3.92. The van der Waals surface area contributed by atoms with Crippen LogP contribution in [-0.2, 0) is 16.1 Å². The summed E-state index contributed by atoms with van der Waals surface area (Å²) in [5.41, 5.74) is 2.19. The molecule has 0 heterocycles. The number of carbonyl (C=O) groups excluding carboxylic acids is 2. The van der Waals surface area contributed by atoms with Crippen molar-refractivity contribution in [2.24, 2.45) is 0 Å². The Bertz CT molecular complexity index is 418. The first-order valence-electron chi connectivity index (χ1n) is 5.76. The number of hydrogen-bond donors (Lipinski definition) is 2. The summed E-state index contributed by atoms with van der Waals surface area (Å²) in [6, 6.07) is 7.61. The van der Waals surface area contributed by atoms with Crippen LogP contribution in [0.4, 0.5) is 4.79 Å². The molecule has 0 aliphatic rings. The Kier molecular flexibility index (Phi) is 5.70. The Hall–Kier alpha value is -2.04. The van der Waals surface area contributed by atoms with Crippen LogP contribution >= 0.6 is 0 Å². The maximum Gasteiger partial charge on any atom is 0.315 e. The fraction of sp³-hybridized carbons (Fsp3) is 0.385. The van der Waals surface area contributed by atoms with Crippen LogP contribution in [0.3, 0.4) is 0 Å². The lowest BCUT2D eigenvalue weighted by atomic mass is 10.1. The molecule has 0 atom stereocenters. The molecule has 0 saturated carbocycles. The average molecular weight is 250 g/mol. The van der Waals surface area contributed by atoms with Gasteiger partial charge in [0.1, 0.15) is 0 Å². The molecule has 1 aromatic rings. The number of benzene rings is 1. The quantitative estimate of drug-likeness (QED) is 0.775. The molecule has 0 aromatic heterocycles. The van der Waals surface area contributed by atoms with Crippen LogP contribution in [0.2, 0.25) is 0 Å². The van der Waals surface area contributed by atoms with E-state index in [1.54, 1.807) is 0 Å². The van der Waals surface area contributed by atoms with Crippen molar-refractivity contribution in [3.63, 3.8) is 0 Å². The first-order chi connectivity index (χ1) is 8.61. The van der Waals surface area contributed by atoms with E-state index in [0.29, 0.717) is 6.54 Å². The highest BCUT2D eigenvalue weighted by atomic mass is 16.5. The standard InChI is InChI=1S/C13H18N2O3/c1-10-4-3-5-11(8-10)9-15-13(17)14-7-6-12(16)18-2/h3-5,8H,6-7,9H2,1-2H3,(H2,14,15,17). The third-order valence-electron chi connectivity index (χ3n) is 2.38. The number of rotatable bonds is 5. The maximum absolute atomic E-state index is 11.4. The van der Waals surface area contributed by atoms with Gasteiger partial charge in [-0.05, 0) is 12.5 Å². The molecule has 5 nitrogen and oxygen atoms in total. The monoisotopic (exact) mass is 250 g/mol. The van der Waals surface area contributed by atoms with Gasteiger partial charge >= 0.3 is 12.0 Å². The zero-order valence-corrected chi connectivity index (χ0v) is 10.7. The Balaban J connectivity index is 2.23. The van der Waals surface area contributed by atoms with Crippen LogP contribution < -0.4 is 10.6 Å². The molecule has 98 valence electrons. The number of urea groups is 1. The van der Waals surface area contributed by atoms with Gasteiger partial charge in [0.15, 0.2) is 0 Å². The van der Waals surface area contributed by atoms with E-state index in [1.165, 1.54) is 7.11 Å². The lowest BCUT2D eigenvalue weighted by Crippen LogP contribution is -2.36. The smallest absolute Gasteiger partial charge is 0.315 e. The van der Waals surface area contributed by atoms with E-state index in [-0.39, 0.29) is 25.0 Å². The zero-order valence-electron chi connectivity index (χ0n) is 10.7. The van der Waals surface area contributed by atoms with Crippen molar-refractivity contribution < 1.29 is 14.3 Å². The highest BCUT2D eigenvalue weighted by molar-refractivity contribution is 5.75. The fourth-order valence-corrected chi connectivity index (χ4v) is 1.45. The van der Waals surface area contributed by atoms with Gasteiger partial charge in [-0.3, -0.25) is 4.79 Å². The Morgan fingerprint density at radius 3 is 2.72 bits per heavy atom. The van der Waals surface area contributed by atoms with Crippen LogP contribution in [-0.4, -0.2) is 25.7 Å². The summed E-state index contributed by atoms with van der Waals surface area (Å²) in [5.74, 6) is -0.339. The molecule has 0 radical (unpaired) electrons. The third kappa shape index (κ3) is 5.34. The fourth-order valence-electron chi connectivity index (χ4n) is 1.45. The zero-order chi connectivity index (χ0) is 13.4. The Labute approximate surface area is 107 Å². The summed E-state index contributed by atoms with van der Waals surface area (Å²) < 4.78 is 4.46. The second-order valence-corrected chi connectivity index (χ2v) is 3.92. The first kappa shape index (κ1) is 14.0. The molecule has 2 N–H and O–H groups in total. The number of amides is 2. The van der Waals surface area contributed by atoms with Gasteiger partial charge in [0.25, 0.3) is 0 Å². The number of hydrogen-bond acceptors (Lipinski definition) is 3. The van der Waals surface area contributed by atoms with Gasteiger partial charge < -0.3 is 15.4 Å². The van der Waals surface area contributed by atoms with E-state index < -0.39 is 0 Å². The molecule has 1 aromatic carbocycles. The topological polar surface area (TPSA) is 67.4 Å². The lowest BCUT2D eigenvalue weighted by Gasteiger charge is -2.07. The molecule has 0 saturated heterocycles. The van der Waals surface area contributed by atoms with Gasteiger partial charge in [0.05, 0.1) is 13.5 Å². The molecule has 0 aliphatic heterocycles. The minimum Gasteiger partial charge on any atom is -0.469 e. The number of carbonyl (C=O) groups is 2. The summed E-state index contributed by atoms with van der Waals surface area (Å²) >= 11 is 0. The predicted octanol–water partition coefficient (Wildman–Crippen LogP) is 1.36. The Morgan fingerprint density at radius 2 is 2.06 bits per heavy atom. The van der Waals surface area contributed by atoms with Gasteiger partial charge in [-0.2, -0.15) is 0 Å². The molecule has 1 rings (SSSR count). The van der Waals surface area contributed by atoms with E-state index >= 15 is 0 Å². The van der Waals surface area contributed by atoms with Crippen molar-refractivity contribution in [3.05, 3.63) is 35.4 Å². The third-order valence-corrected chi connectivity index (χ3v) is 2.38. The minimum absolute atomic E-state index is 0.175. The number of esters is 1. The van der Waals surface area contributed by atoms with Crippen molar-refractivity contribution >= 4 is 12.0 Å². The van der Waals surface area contributed by atoms with Crippen LogP contribution in [0.5, 0.6) is 0 Å². The van der Waals surface area contributed by atoms with Gasteiger partial charge in [0, 0.05) is 13.1 Å². The van der Waals surface area contributed by atoms with E-state index in [1.807, 2.05) is 31.2 Å². The van der Waals surface area contributed by atoms with Crippen molar-refractivity contribution in [1.29, 1.82) is 0 Å². The van der Waals surface area contributed by atoms with E-state index in [4.69, 9.17) is 0 Å². The molecule has 0 unspecified atom stereocenters. The average Bonchev–Trinajstić information content (AvgIpc) is 2.36. The highest BCUT2D eigenvalue weighted by Crippen LogP contribution is 2.02.